The molecular weight excluding hydrogens is 305 g/mol. The standard InChI is InChI=1S/C19H18FN3O/c1-2-23(12-18-15-5-3-4-6-19(15)24-22-18)11-13-10-21-17-8-7-14(20)9-16(13)17/h3-10,21H,2,11-12H2,1H3. The first kappa shape index (κ1) is 14.9. The molecule has 24 heavy (non-hydrogen) atoms. The molecule has 122 valence electrons. The third-order valence-electron chi connectivity index (χ3n) is 4.40. The number of benzene rings is 2. The third-order valence-corrected chi connectivity index (χ3v) is 4.40. The summed E-state index contributed by atoms with van der Waals surface area (Å²) >= 11 is 0. The molecule has 4 nitrogen and oxygen atoms in total. The third kappa shape index (κ3) is 2.67. The lowest BCUT2D eigenvalue weighted by Crippen LogP contribution is -2.22. The minimum Gasteiger partial charge on any atom is -0.361 e. The number of nitrogens with zero attached hydrogens (tertiary/aromatic N) is 2. The number of aromatic amines is 1. The van der Waals surface area contributed by atoms with Gasteiger partial charge in [0.2, 0.25) is 0 Å². The summed E-state index contributed by atoms with van der Waals surface area (Å²) in [5.74, 6) is -0.214. The lowest BCUT2D eigenvalue weighted by atomic mass is 10.1. The van der Waals surface area contributed by atoms with E-state index in [9.17, 15) is 4.39 Å². The molecule has 0 atom stereocenters. The topological polar surface area (TPSA) is 45.1 Å². The minimum absolute atomic E-state index is 0.214. The van der Waals surface area contributed by atoms with Crippen LogP contribution in [0.25, 0.3) is 21.9 Å². The predicted molar refractivity (Wildman–Crippen MR) is 92.1 cm³/mol. The van der Waals surface area contributed by atoms with Crippen molar-refractivity contribution in [2.45, 2.75) is 20.0 Å². The molecule has 0 aliphatic heterocycles. The summed E-state index contributed by atoms with van der Waals surface area (Å²) < 4.78 is 18.9. The number of hydrogen-bond acceptors (Lipinski definition) is 3. The highest BCUT2D eigenvalue weighted by Crippen LogP contribution is 2.23. The van der Waals surface area contributed by atoms with Gasteiger partial charge in [0.15, 0.2) is 5.58 Å². The monoisotopic (exact) mass is 323 g/mol. The maximum Gasteiger partial charge on any atom is 0.167 e. The van der Waals surface area contributed by atoms with Gasteiger partial charge in [0.1, 0.15) is 11.5 Å². The lowest BCUT2D eigenvalue weighted by Gasteiger charge is -2.18. The van der Waals surface area contributed by atoms with Crippen molar-refractivity contribution in [3.05, 3.63) is 65.7 Å². The molecular formula is C19H18FN3O. The second-order valence-corrected chi connectivity index (χ2v) is 5.93. The Labute approximate surface area is 138 Å². The van der Waals surface area contributed by atoms with Gasteiger partial charge in [-0.2, -0.15) is 0 Å². The van der Waals surface area contributed by atoms with Gasteiger partial charge in [-0.05, 0) is 42.4 Å². The van der Waals surface area contributed by atoms with E-state index in [-0.39, 0.29) is 5.82 Å². The molecule has 4 rings (SSSR count). The first-order valence-electron chi connectivity index (χ1n) is 8.05. The van der Waals surface area contributed by atoms with Crippen LogP contribution in [0, 0.1) is 5.82 Å². The van der Waals surface area contributed by atoms with Gasteiger partial charge in [0, 0.05) is 35.6 Å². The predicted octanol–water partition coefficient (Wildman–Crippen LogP) is 4.47. The Hall–Kier alpha value is -2.66. The van der Waals surface area contributed by atoms with E-state index >= 15 is 0 Å². The fourth-order valence-electron chi connectivity index (χ4n) is 3.07. The van der Waals surface area contributed by atoms with E-state index in [0.29, 0.717) is 6.54 Å². The van der Waals surface area contributed by atoms with Gasteiger partial charge in [-0.15, -0.1) is 0 Å². The van der Waals surface area contributed by atoms with E-state index in [0.717, 1.165) is 46.2 Å². The molecule has 0 aliphatic carbocycles. The zero-order valence-electron chi connectivity index (χ0n) is 13.4. The van der Waals surface area contributed by atoms with E-state index in [4.69, 9.17) is 4.52 Å². The average molecular weight is 323 g/mol. The van der Waals surface area contributed by atoms with E-state index in [1.54, 1.807) is 12.1 Å². The molecule has 0 fully saturated rings. The van der Waals surface area contributed by atoms with E-state index < -0.39 is 0 Å². The highest BCUT2D eigenvalue weighted by molar-refractivity contribution is 5.83. The van der Waals surface area contributed by atoms with Gasteiger partial charge in [0.05, 0.1) is 0 Å². The zero-order valence-corrected chi connectivity index (χ0v) is 13.4. The number of nitrogens with one attached hydrogen (secondary N) is 1. The van der Waals surface area contributed by atoms with Crippen molar-refractivity contribution in [1.82, 2.24) is 15.0 Å². The number of halogens is 1. The van der Waals surface area contributed by atoms with Crippen molar-refractivity contribution >= 4 is 21.9 Å². The fraction of sp³-hybridized carbons (Fsp3) is 0.211. The Morgan fingerprint density at radius 3 is 2.88 bits per heavy atom. The van der Waals surface area contributed by atoms with Crippen molar-refractivity contribution in [2.75, 3.05) is 6.54 Å². The summed E-state index contributed by atoms with van der Waals surface area (Å²) in [5.41, 5.74) is 3.77. The molecule has 2 aromatic heterocycles. The van der Waals surface area contributed by atoms with Crippen LogP contribution in [-0.4, -0.2) is 21.6 Å². The van der Waals surface area contributed by atoms with Crippen LogP contribution < -0.4 is 0 Å². The van der Waals surface area contributed by atoms with Crippen molar-refractivity contribution in [1.29, 1.82) is 0 Å². The van der Waals surface area contributed by atoms with Crippen LogP contribution in [0.2, 0.25) is 0 Å². The van der Waals surface area contributed by atoms with Crippen LogP contribution in [0.1, 0.15) is 18.2 Å². The van der Waals surface area contributed by atoms with E-state index in [1.807, 2.05) is 30.5 Å². The smallest absolute Gasteiger partial charge is 0.167 e. The van der Waals surface area contributed by atoms with Gasteiger partial charge in [-0.1, -0.05) is 24.2 Å². The van der Waals surface area contributed by atoms with Crippen LogP contribution in [0.5, 0.6) is 0 Å². The fourth-order valence-corrected chi connectivity index (χ4v) is 3.07. The highest BCUT2D eigenvalue weighted by Gasteiger charge is 2.14. The molecule has 0 aliphatic rings. The molecule has 0 bridgehead atoms. The number of fused-ring (bicyclic) bond motifs is 2. The summed E-state index contributed by atoms with van der Waals surface area (Å²) in [6.07, 6.45) is 1.95. The van der Waals surface area contributed by atoms with Gasteiger partial charge < -0.3 is 9.51 Å². The van der Waals surface area contributed by atoms with Gasteiger partial charge in [-0.3, -0.25) is 4.90 Å². The first-order chi connectivity index (χ1) is 11.7. The van der Waals surface area contributed by atoms with Gasteiger partial charge in [0.25, 0.3) is 0 Å². The quantitative estimate of drug-likeness (QED) is 0.589. The summed E-state index contributed by atoms with van der Waals surface area (Å²) in [4.78, 5) is 5.47. The number of aromatic nitrogens is 2. The Morgan fingerprint density at radius 1 is 1.12 bits per heavy atom. The molecule has 0 unspecified atom stereocenters. The SMILES string of the molecule is CCN(Cc1c[nH]c2ccc(F)cc12)Cc1noc2ccccc12. The molecule has 1 N–H and O–H groups in total. The number of para-hydroxylation sites is 1. The Balaban J connectivity index is 1.60. The Morgan fingerprint density at radius 2 is 2.00 bits per heavy atom. The summed E-state index contributed by atoms with van der Waals surface area (Å²) in [5, 5.41) is 6.18. The van der Waals surface area contributed by atoms with Gasteiger partial charge in [-0.25, -0.2) is 4.39 Å². The highest BCUT2D eigenvalue weighted by atomic mass is 19.1. The van der Waals surface area contributed by atoms with Crippen LogP contribution in [-0.2, 0) is 13.1 Å². The molecule has 5 heteroatoms. The second kappa shape index (κ2) is 6.09. The lowest BCUT2D eigenvalue weighted by molar-refractivity contribution is 0.264. The molecule has 0 saturated carbocycles. The number of H-pyrrole nitrogens is 1. The molecule has 2 aromatic carbocycles. The summed E-state index contributed by atoms with van der Waals surface area (Å²) in [7, 11) is 0. The number of rotatable bonds is 5. The summed E-state index contributed by atoms with van der Waals surface area (Å²) in [6, 6.07) is 12.7. The van der Waals surface area contributed by atoms with Crippen LogP contribution in [0.4, 0.5) is 4.39 Å². The van der Waals surface area contributed by atoms with Crippen LogP contribution >= 0.6 is 0 Å². The van der Waals surface area contributed by atoms with Crippen molar-refractivity contribution < 1.29 is 8.91 Å². The molecule has 4 aromatic rings. The largest absolute Gasteiger partial charge is 0.361 e. The molecule has 2 heterocycles. The molecule has 0 amide bonds. The average Bonchev–Trinajstić information content (AvgIpc) is 3.19. The molecule has 0 radical (unpaired) electrons. The maximum absolute atomic E-state index is 13.5. The Kier molecular flexibility index (Phi) is 3.78. The second-order valence-electron chi connectivity index (χ2n) is 5.93. The maximum atomic E-state index is 13.5. The van der Waals surface area contributed by atoms with E-state index in [1.165, 1.54) is 6.07 Å². The van der Waals surface area contributed by atoms with Crippen LogP contribution in [0.15, 0.2) is 53.2 Å². The van der Waals surface area contributed by atoms with Crippen LogP contribution in [0.3, 0.4) is 0 Å². The van der Waals surface area contributed by atoms with E-state index in [2.05, 4.69) is 22.0 Å². The normalized spacial score (nSPS) is 11.8. The van der Waals surface area contributed by atoms with Crippen molar-refractivity contribution in [3.63, 3.8) is 0 Å². The van der Waals surface area contributed by atoms with Crippen molar-refractivity contribution in [2.24, 2.45) is 0 Å². The Bertz CT molecular complexity index is 989. The summed E-state index contributed by atoms with van der Waals surface area (Å²) in [6.45, 7) is 4.39. The first-order valence-corrected chi connectivity index (χ1v) is 8.05. The molecule has 0 spiro atoms. The number of hydrogen-bond donors (Lipinski definition) is 1. The minimum atomic E-state index is -0.214. The zero-order chi connectivity index (χ0) is 16.5. The van der Waals surface area contributed by atoms with Crippen molar-refractivity contribution in [3.8, 4) is 0 Å². The molecule has 0 saturated heterocycles. The van der Waals surface area contributed by atoms with Gasteiger partial charge >= 0.3 is 0 Å².